The third kappa shape index (κ3) is 4.84. The summed E-state index contributed by atoms with van der Waals surface area (Å²) < 4.78 is 28.3. The summed E-state index contributed by atoms with van der Waals surface area (Å²) in [5.41, 5.74) is 2.25. The zero-order valence-corrected chi connectivity index (χ0v) is 20.4. The fraction of sp³-hybridized carbons (Fsp3) is 0.292. The van der Waals surface area contributed by atoms with Gasteiger partial charge in [0.25, 0.3) is 5.91 Å². The molecule has 0 spiro atoms. The molecule has 0 bridgehead atoms. The molecule has 0 aliphatic heterocycles. The Hall–Kier alpha value is -3.04. The molecule has 2 heterocycles. The van der Waals surface area contributed by atoms with Crippen LogP contribution in [-0.2, 0) is 16.4 Å². The molecule has 0 unspecified atom stereocenters. The number of carbonyl (C=O) groups is 1. The van der Waals surface area contributed by atoms with E-state index in [1.54, 1.807) is 43.4 Å². The van der Waals surface area contributed by atoms with E-state index in [2.05, 4.69) is 4.98 Å². The number of para-hydroxylation sites is 1. The standard InChI is InChI=1S/C24H26N4O3S2/c1-17(2)33(30,31)20-9-5-8-19(15-20)23(29)28(13-6-12-27-14-11-25-16-27)24-26-22-18(3)7-4-10-21(22)32-24/h4-5,7-11,14-17H,6,12-13H2,1-3H3. The second-order valence-electron chi connectivity index (χ2n) is 8.15. The van der Waals surface area contributed by atoms with E-state index < -0.39 is 15.1 Å². The molecular formula is C24H26N4O3S2. The summed E-state index contributed by atoms with van der Waals surface area (Å²) in [6, 6.07) is 12.3. The van der Waals surface area contributed by atoms with E-state index in [0.29, 0.717) is 30.2 Å². The summed E-state index contributed by atoms with van der Waals surface area (Å²) >= 11 is 1.46. The summed E-state index contributed by atoms with van der Waals surface area (Å²) in [4.78, 5) is 24.3. The van der Waals surface area contributed by atoms with Crippen molar-refractivity contribution in [3.05, 3.63) is 72.3 Å². The maximum Gasteiger partial charge on any atom is 0.260 e. The van der Waals surface area contributed by atoms with Crippen molar-refractivity contribution in [3.63, 3.8) is 0 Å². The monoisotopic (exact) mass is 482 g/mol. The smallest absolute Gasteiger partial charge is 0.260 e. The highest BCUT2D eigenvalue weighted by Crippen LogP contribution is 2.32. The average molecular weight is 483 g/mol. The van der Waals surface area contributed by atoms with Gasteiger partial charge in [-0.1, -0.05) is 29.5 Å². The Morgan fingerprint density at radius 2 is 1.97 bits per heavy atom. The van der Waals surface area contributed by atoms with Gasteiger partial charge in [0.1, 0.15) is 0 Å². The number of thiazole rings is 1. The van der Waals surface area contributed by atoms with Crippen molar-refractivity contribution >= 4 is 42.4 Å². The molecule has 172 valence electrons. The molecule has 0 atom stereocenters. The van der Waals surface area contributed by atoms with E-state index in [1.165, 1.54) is 23.5 Å². The molecule has 0 saturated heterocycles. The number of carbonyl (C=O) groups excluding carboxylic acids is 1. The molecule has 2 aromatic carbocycles. The summed E-state index contributed by atoms with van der Waals surface area (Å²) in [6.45, 7) is 6.41. The van der Waals surface area contributed by atoms with Crippen LogP contribution in [-0.4, -0.2) is 40.7 Å². The fourth-order valence-corrected chi connectivity index (χ4v) is 5.71. The van der Waals surface area contributed by atoms with E-state index in [-0.39, 0.29) is 10.8 Å². The number of aromatic nitrogens is 3. The molecule has 0 saturated carbocycles. The van der Waals surface area contributed by atoms with Crippen LogP contribution in [0, 0.1) is 6.92 Å². The minimum absolute atomic E-state index is 0.154. The average Bonchev–Trinajstić information content (AvgIpc) is 3.47. The zero-order chi connectivity index (χ0) is 23.6. The third-order valence-corrected chi connectivity index (χ3v) is 8.67. The first-order chi connectivity index (χ1) is 15.8. The van der Waals surface area contributed by atoms with Crippen molar-refractivity contribution in [1.82, 2.24) is 14.5 Å². The zero-order valence-electron chi connectivity index (χ0n) is 18.8. The van der Waals surface area contributed by atoms with Gasteiger partial charge in [0, 0.05) is 31.0 Å². The highest BCUT2D eigenvalue weighted by molar-refractivity contribution is 7.92. The summed E-state index contributed by atoms with van der Waals surface area (Å²) in [7, 11) is -3.49. The van der Waals surface area contributed by atoms with Crippen LogP contribution in [0.15, 0.2) is 66.1 Å². The summed E-state index contributed by atoms with van der Waals surface area (Å²) in [6.07, 6.45) is 6.04. The number of fused-ring (bicyclic) bond motifs is 1. The number of anilines is 1. The number of hydrogen-bond acceptors (Lipinski definition) is 6. The van der Waals surface area contributed by atoms with Gasteiger partial charge in [0.2, 0.25) is 0 Å². The van der Waals surface area contributed by atoms with Crippen LogP contribution >= 0.6 is 11.3 Å². The second-order valence-corrected chi connectivity index (χ2v) is 11.7. The first-order valence-electron chi connectivity index (χ1n) is 10.7. The van der Waals surface area contributed by atoms with Gasteiger partial charge < -0.3 is 4.57 Å². The van der Waals surface area contributed by atoms with Crippen molar-refractivity contribution < 1.29 is 13.2 Å². The quantitative estimate of drug-likeness (QED) is 0.363. The minimum Gasteiger partial charge on any atom is -0.337 e. The van der Waals surface area contributed by atoms with Crippen molar-refractivity contribution in [2.75, 3.05) is 11.4 Å². The Balaban J connectivity index is 1.69. The molecule has 7 nitrogen and oxygen atoms in total. The normalized spacial score (nSPS) is 11.9. The van der Waals surface area contributed by atoms with Crippen LogP contribution in [0.5, 0.6) is 0 Å². The molecule has 33 heavy (non-hydrogen) atoms. The van der Waals surface area contributed by atoms with Gasteiger partial charge in [-0.05, 0) is 57.0 Å². The second kappa shape index (κ2) is 9.44. The molecular weight excluding hydrogens is 456 g/mol. The Bertz CT molecular complexity index is 1380. The van der Waals surface area contributed by atoms with Crippen LogP contribution in [0.1, 0.15) is 36.2 Å². The van der Waals surface area contributed by atoms with E-state index >= 15 is 0 Å². The van der Waals surface area contributed by atoms with Crippen LogP contribution in [0.25, 0.3) is 10.2 Å². The lowest BCUT2D eigenvalue weighted by Crippen LogP contribution is -2.32. The summed E-state index contributed by atoms with van der Waals surface area (Å²) in [5.74, 6) is -0.266. The molecule has 0 fully saturated rings. The Labute approximate surface area is 197 Å². The number of imidazole rings is 1. The molecule has 4 aromatic rings. The molecule has 4 rings (SSSR count). The molecule has 0 aliphatic carbocycles. The van der Waals surface area contributed by atoms with Gasteiger partial charge in [-0.25, -0.2) is 18.4 Å². The first-order valence-corrected chi connectivity index (χ1v) is 13.1. The highest BCUT2D eigenvalue weighted by atomic mass is 32.2. The Kier molecular flexibility index (Phi) is 6.62. The third-order valence-electron chi connectivity index (χ3n) is 5.47. The predicted molar refractivity (Wildman–Crippen MR) is 132 cm³/mol. The van der Waals surface area contributed by atoms with Gasteiger partial charge in [-0.2, -0.15) is 0 Å². The van der Waals surface area contributed by atoms with Crippen molar-refractivity contribution in [2.24, 2.45) is 0 Å². The Morgan fingerprint density at radius 1 is 1.18 bits per heavy atom. The van der Waals surface area contributed by atoms with Gasteiger partial charge >= 0.3 is 0 Å². The van der Waals surface area contributed by atoms with Crippen LogP contribution in [0.2, 0.25) is 0 Å². The maximum absolute atomic E-state index is 13.6. The molecule has 0 aliphatic rings. The van der Waals surface area contributed by atoms with Gasteiger partial charge in [0.15, 0.2) is 15.0 Å². The summed E-state index contributed by atoms with van der Waals surface area (Å²) in [5, 5.41) is 0.0356. The van der Waals surface area contributed by atoms with Crippen molar-refractivity contribution in [1.29, 1.82) is 0 Å². The number of benzene rings is 2. The van der Waals surface area contributed by atoms with Crippen molar-refractivity contribution in [2.45, 2.75) is 43.9 Å². The molecule has 0 N–H and O–H groups in total. The van der Waals surface area contributed by atoms with Gasteiger partial charge in [-0.3, -0.25) is 9.69 Å². The van der Waals surface area contributed by atoms with Crippen LogP contribution in [0.3, 0.4) is 0 Å². The van der Waals surface area contributed by atoms with Crippen LogP contribution < -0.4 is 4.90 Å². The number of amides is 1. The van der Waals surface area contributed by atoms with E-state index in [0.717, 1.165) is 15.8 Å². The van der Waals surface area contributed by atoms with Crippen LogP contribution in [0.4, 0.5) is 5.13 Å². The number of nitrogens with zero attached hydrogens (tertiary/aromatic N) is 4. The molecule has 1 amide bonds. The lowest BCUT2D eigenvalue weighted by molar-refractivity contribution is 0.0986. The van der Waals surface area contributed by atoms with E-state index in [4.69, 9.17) is 4.98 Å². The van der Waals surface area contributed by atoms with Gasteiger partial charge in [0.05, 0.1) is 26.7 Å². The fourth-order valence-electron chi connectivity index (χ4n) is 3.54. The lowest BCUT2D eigenvalue weighted by Gasteiger charge is -2.20. The topological polar surface area (TPSA) is 85.2 Å². The number of hydrogen-bond donors (Lipinski definition) is 0. The SMILES string of the molecule is Cc1cccc2sc(N(CCCn3ccnc3)C(=O)c3cccc(S(=O)(=O)C(C)C)c3)nc12. The number of sulfone groups is 1. The number of aryl methyl sites for hydroxylation is 2. The molecule has 0 radical (unpaired) electrons. The lowest BCUT2D eigenvalue weighted by atomic mass is 10.2. The highest BCUT2D eigenvalue weighted by Gasteiger charge is 2.24. The minimum atomic E-state index is -3.49. The van der Waals surface area contributed by atoms with Gasteiger partial charge in [-0.15, -0.1) is 0 Å². The predicted octanol–water partition coefficient (Wildman–Crippen LogP) is 4.72. The maximum atomic E-state index is 13.6. The molecule has 2 aromatic heterocycles. The largest absolute Gasteiger partial charge is 0.337 e. The number of rotatable bonds is 8. The van der Waals surface area contributed by atoms with E-state index in [9.17, 15) is 13.2 Å². The molecule has 9 heteroatoms. The van der Waals surface area contributed by atoms with E-state index in [1.807, 2.05) is 35.9 Å². The first kappa shape index (κ1) is 23.1. The van der Waals surface area contributed by atoms with Crippen molar-refractivity contribution in [3.8, 4) is 0 Å². The Morgan fingerprint density at radius 3 is 2.67 bits per heavy atom.